The Bertz CT molecular complexity index is 260. The molecule has 0 bridgehead atoms. The molecule has 14 heavy (non-hydrogen) atoms. The van der Waals surface area contributed by atoms with Crippen LogP contribution >= 0.6 is 0 Å². The van der Waals surface area contributed by atoms with Gasteiger partial charge in [-0.05, 0) is 25.6 Å². The van der Waals surface area contributed by atoms with Crippen LogP contribution < -0.4 is 10.6 Å². The molecule has 1 aromatic heterocycles. The van der Waals surface area contributed by atoms with Crippen LogP contribution in [0.5, 0.6) is 0 Å². The fourth-order valence-electron chi connectivity index (χ4n) is 1.27. The minimum atomic E-state index is 0.854. The molecule has 0 aromatic carbocycles. The van der Waals surface area contributed by atoms with Crippen molar-refractivity contribution in [2.24, 2.45) is 0 Å². The molecule has 3 nitrogen and oxygen atoms in total. The molecule has 1 heterocycles. The van der Waals surface area contributed by atoms with Gasteiger partial charge in [-0.25, -0.2) is 0 Å². The monoisotopic (exact) mass is 193 g/mol. The molecule has 0 aliphatic rings. The first kappa shape index (κ1) is 11.1. The highest BCUT2D eigenvalue weighted by atomic mass is 14.9. The van der Waals surface area contributed by atoms with Gasteiger partial charge >= 0.3 is 0 Å². The van der Waals surface area contributed by atoms with Crippen molar-refractivity contribution in [3.63, 3.8) is 0 Å². The van der Waals surface area contributed by atoms with E-state index < -0.39 is 0 Å². The van der Waals surface area contributed by atoms with Gasteiger partial charge in [-0.1, -0.05) is 13.0 Å². The third kappa shape index (κ3) is 4.35. The Labute approximate surface area is 85.9 Å². The van der Waals surface area contributed by atoms with E-state index in [9.17, 15) is 0 Å². The summed E-state index contributed by atoms with van der Waals surface area (Å²) in [6, 6.07) is 6.11. The second-order valence-corrected chi connectivity index (χ2v) is 3.30. The van der Waals surface area contributed by atoms with Crippen LogP contribution in [0.15, 0.2) is 18.2 Å². The van der Waals surface area contributed by atoms with Crippen LogP contribution in [-0.2, 0) is 6.54 Å². The second kappa shape index (κ2) is 6.51. The van der Waals surface area contributed by atoms with Crippen molar-refractivity contribution < 1.29 is 0 Å². The SMILES string of the molecule is CCNCCNCc1cccc(C)n1. The van der Waals surface area contributed by atoms with Gasteiger partial charge in [0, 0.05) is 25.3 Å². The lowest BCUT2D eigenvalue weighted by Gasteiger charge is -2.05. The number of aryl methyl sites for hydroxylation is 1. The van der Waals surface area contributed by atoms with E-state index in [-0.39, 0.29) is 0 Å². The fraction of sp³-hybridized carbons (Fsp3) is 0.545. The standard InChI is InChI=1S/C11H19N3/c1-3-12-7-8-13-9-11-6-4-5-10(2)14-11/h4-6,12-13H,3,7-9H2,1-2H3. The molecule has 0 amide bonds. The lowest BCUT2D eigenvalue weighted by molar-refractivity contribution is 0.618. The Kier molecular flexibility index (Phi) is 5.19. The van der Waals surface area contributed by atoms with Crippen molar-refractivity contribution in [2.45, 2.75) is 20.4 Å². The van der Waals surface area contributed by atoms with E-state index in [1.807, 2.05) is 25.1 Å². The molecule has 0 aliphatic carbocycles. The number of nitrogens with zero attached hydrogens (tertiary/aromatic N) is 1. The topological polar surface area (TPSA) is 37.0 Å². The number of pyridine rings is 1. The van der Waals surface area contributed by atoms with Gasteiger partial charge in [-0.3, -0.25) is 4.98 Å². The first-order chi connectivity index (χ1) is 6.83. The van der Waals surface area contributed by atoms with Crippen LogP contribution in [0.25, 0.3) is 0 Å². The third-order valence-corrected chi connectivity index (χ3v) is 1.98. The number of nitrogens with one attached hydrogen (secondary N) is 2. The van der Waals surface area contributed by atoms with Crippen molar-refractivity contribution in [3.05, 3.63) is 29.6 Å². The van der Waals surface area contributed by atoms with Gasteiger partial charge in [0.25, 0.3) is 0 Å². The third-order valence-electron chi connectivity index (χ3n) is 1.98. The maximum atomic E-state index is 4.41. The van der Waals surface area contributed by atoms with Gasteiger partial charge in [0.1, 0.15) is 0 Å². The highest BCUT2D eigenvalue weighted by Crippen LogP contribution is 1.96. The van der Waals surface area contributed by atoms with Crippen LogP contribution in [0, 0.1) is 6.92 Å². The Morgan fingerprint density at radius 1 is 1.21 bits per heavy atom. The number of hydrogen-bond donors (Lipinski definition) is 2. The van der Waals surface area contributed by atoms with Crippen LogP contribution in [0.1, 0.15) is 18.3 Å². The Balaban J connectivity index is 2.18. The average molecular weight is 193 g/mol. The molecule has 0 unspecified atom stereocenters. The summed E-state index contributed by atoms with van der Waals surface area (Å²) < 4.78 is 0. The predicted octanol–water partition coefficient (Wildman–Crippen LogP) is 1.09. The van der Waals surface area contributed by atoms with Gasteiger partial charge in [0.15, 0.2) is 0 Å². The minimum absolute atomic E-state index is 0.854. The van der Waals surface area contributed by atoms with Gasteiger partial charge in [-0.15, -0.1) is 0 Å². The lowest BCUT2D eigenvalue weighted by atomic mass is 10.3. The number of aromatic nitrogens is 1. The molecule has 0 fully saturated rings. The lowest BCUT2D eigenvalue weighted by Crippen LogP contribution is -2.27. The summed E-state index contributed by atoms with van der Waals surface area (Å²) in [5, 5.41) is 6.60. The molecule has 1 rings (SSSR count). The molecule has 0 radical (unpaired) electrons. The van der Waals surface area contributed by atoms with Crippen molar-refractivity contribution in [1.82, 2.24) is 15.6 Å². The highest BCUT2D eigenvalue weighted by molar-refractivity contribution is 5.09. The fourth-order valence-corrected chi connectivity index (χ4v) is 1.27. The maximum Gasteiger partial charge on any atom is 0.0544 e. The molecule has 0 saturated carbocycles. The van der Waals surface area contributed by atoms with Crippen LogP contribution in [0.3, 0.4) is 0 Å². The first-order valence-electron chi connectivity index (χ1n) is 5.17. The van der Waals surface area contributed by atoms with Crippen LogP contribution in [0.2, 0.25) is 0 Å². The maximum absolute atomic E-state index is 4.41. The summed E-state index contributed by atoms with van der Waals surface area (Å²) in [7, 11) is 0. The van der Waals surface area contributed by atoms with E-state index in [2.05, 4.69) is 22.5 Å². The molecule has 3 heteroatoms. The van der Waals surface area contributed by atoms with Crippen LogP contribution in [0.4, 0.5) is 0 Å². The van der Waals surface area contributed by atoms with Crippen molar-refractivity contribution >= 4 is 0 Å². The largest absolute Gasteiger partial charge is 0.316 e. The second-order valence-electron chi connectivity index (χ2n) is 3.30. The summed E-state index contributed by atoms with van der Waals surface area (Å²) in [4.78, 5) is 4.41. The number of rotatable bonds is 6. The molecule has 0 saturated heterocycles. The van der Waals surface area contributed by atoms with Crippen molar-refractivity contribution in [2.75, 3.05) is 19.6 Å². The van der Waals surface area contributed by atoms with Gasteiger partial charge in [0.05, 0.1) is 5.69 Å². The summed E-state index contributed by atoms with van der Waals surface area (Å²) in [5.41, 5.74) is 2.19. The van der Waals surface area contributed by atoms with Crippen molar-refractivity contribution in [3.8, 4) is 0 Å². The minimum Gasteiger partial charge on any atom is -0.316 e. The average Bonchev–Trinajstić information content (AvgIpc) is 2.18. The Morgan fingerprint density at radius 2 is 2.00 bits per heavy atom. The number of hydrogen-bond acceptors (Lipinski definition) is 3. The van der Waals surface area contributed by atoms with E-state index >= 15 is 0 Å². The summed E-state index contributed by atoms with van der Waals surface area (Å²) in [5.74, 6) is 0. The summed E-state index contributed by atoms with van der Waals surface area (Å²) in [6.45, 7) is 8.02. The zero-order valence-electron chi connectivity index (χ0n) is 9.01. The van der Waals surface area contributed by atoms with Crippen LogP contribution in [-0.4, -0.2) is 24.6 Å². The quantitative estimate of drug-likeness (QED) is 0.664. The van der Waals surface area contributed by atoms with E-state index in [0.717, 1.165) is 37.6 Å². The van der Waals surface area contributed by atoms with Gasteiger partial charge in [0.2, 0.25) is 0 Å². The summed E-state index contributed by atoms with van der Waals surface area (Å²) >= 11 is 0. The molecule has 1 aromatic rings. The van der Waals surface area contributed by atoms with E-state index in [1.54, 1.807) is 0 Å². The van der Waals surface area contributed by atoms with Crippen molar-refractivity contribution in [1.29, 1.82) is 0 Å². The molecular weight excluding hydrogens is 174 g/mol. The molecule has 78 valence electrons. The molecular formula is C11H19N3. The highest BCUT2D eigenvalue weighted by Gasteiger charge is 1.93. The normalized spacial score (nSPS) is 10.4. The molecule has 0 atom stereocenters. The Hall–Kier alpha value is -0.930. The zero-order chi connectivity index (χ0) is 10.2. The van der Waals surface area contributed by atoms with E-state index in [4.69, 9.17) is 0 Å². The number of likely N-dealkylation sites (N-methyl/N-ethyl adjacent to an activating group) is 1. The van der Waals surface area contributed by atoms with Gasteiger partial charge < -0.3 is 10.6 Å². The molecule has 2 N–H and O–H groups in total. The molecule has 0 aliphatic heterocycles. The van der Waals surface area contributed by atoms with E-state index in [1.165, 1.54) is 0 Å². The van der Waals surface area contributed by atoms with E-state index in [0.29, 0.717) is 0 Å². The predicted molar refractivity (Wildman–Crippen MR) is 59.2 cm³/mol. The first-order valence-corrected chi connectivity index (χ1v) is 5.17. The molecule has 0 spiro atoms. The Morgan fingerprint density at radius 3 is 2.71 bits per heavy atom. The van der Waals surface area contributed by atoms with Gasteiger partial charge in [-0.2, -0.15) is 0 Å². The smallest absolute Gasteiger partial charge is 0.0544 e. The zero-order valence-corrected chi connectivity index (χ0v) is 9.01. The summed E-state index contributed by atoms with van der Waals surface area (Å²) in [6.07, 6.45) is 0.